The van der Waals surface area contributed by atoms with Crippen molar-refractivity contribution in [2.75, 3.05) is 0 Å². The largest absolute Gasteiger partial charge is 0.461 e. The molecule has 0 fully saturated rings. The number of nitriles is 1. The zero-order chi connectivity index (χ0) is 35.5. The Labute approximate surface area is 310 Å². The Morgan fingerprint density at radius 1 is 0.784 bits per heavy atom. The summed E-state index contributed by atoms with van der Waals surface area (Å²) in [6.07, 6.45) is 4.64. The van der Waals surface area contributed by atoms with E-state index in [2.05, 4.69) is 40.3 Å². The van der Waals surface area contributed by atoms with Crippen molar-refractivity contribution in [3.8, 4) is 40.0 Å². The molecule has 6 aromatic rings. The lowest BCUT2D eigenvalue weighted by atomic mass is 9.81. The van der Waals surface area contributed by atoms with E-state index in [0.29, 0.717) is 12.8 Å². The number of carbonyl (C=O) groups excluding carboxylic acids is 1. The van der Waals surface area contributed by atoms with Crippen LogP contribution >= 0.6 is 24.4 Å². The minimum atomic E-state index is -0.731. The van der Waals surface area contributed by atoms with Gasteiger partial charge in [0.05, 0.1) is 38.8 Å². The van der Waals surface area contributed by atoms with Crippen LogP contribution in [0.1, 0.15) is 54.1 Å². The summed E-state index contributed by atoms with van der Waals surface area (Å²) in [6.45, 7) is 2.08. The number of thioether (sulfide) groups is 1. The van der Waals surface area contributed by atoms with Crippen molar-refractivity contribution < 1.29 is 11.0 Å². The van der Waals surface area contributed by atoms with E-state index in [9.17, 15) is 10.1 Å². The normalized spacial score (nSPS) is 13.4. The molecule has 0 spiro atoms. The lowest BCUT2D eigenvalue weighted by molar-refractivity contribution is -0.145. The van der Waals surface area contributed by atoms with Crippen LogP contribution in [0.15, 0.2) is 146 Å². The molecule has 8 heteroatoms. The van der Waals surface area contributed by atoms with E-state index in [0.717, 1.165) is 50.6 Å². The Morgan fingerprint density at radius 3 is 1.90 bits per heavy atom. The maximum absolute atomic E-state index is 13.0. The summed E-state index contributed by atoms with van der Waals surface area (Å²) >= 11 is 6.62. The van der Waals surface area contributed by atoms with Crippen LogP contribution in [-0.2, 0) is 16.1 Å². The SMILES string of the molecule is CC(C#N)(CCC(=O)OCc1ccc(-c2cc(-c3ccccn3)nc(-c3ccccn3)c2)cc1)CC(SC(S)c1ccccc1)c1ccccc1.[HH]. The standard InChI is InChI=1S/C43H38N4O2S2.H2/c1-43(30-44,28-40(33-12-4-2-5-13-33)51-42(50)34-14-6-3-7-15-34)23-22-41(48)49-29-31-18-20-32(21-19-31)35-26-38(36-16-8-10-24-45-36)47-39(27-35)37-17-9-11-25-46-37;/h2-21,24-27,40,42,50H,22-23,28-29H2,1H3;1H. The minimum absolute atomic E-state index is 0. The second-order valence-corrected chi connectivity index (χ2v) is 14.8. The average Bonchev–Trinajstić information content (AvgIpc) is 3.20. The molecule has 0 aliphatic carbocycles. The zero-order valence-electron chi connectivity index (χ0n) is 28.3. The van der Waals surface area contributed by atoms with Crippen LogP contribution in [-0.4, -0.2) is 20.9 Å². The van der Waals surface area contributed by atoms with E-state index in [1.807, 2.05) is 116 Å². The summed E-state index contributed by atoms with van der Waals surface area (Å²) in [5.74, 6) is -0.324. The van der Waals surface area contributed by atoms with Gasteiger partial charge in [-0.15, -0.1) is 11.8 Å². The lowest BCUT2D eigenvalue weighted by Gasteiger charge is -2.29. The predicted molar refractivity (Wildman–Crippen MR) is 211 cm³/mol. The van der Waals surface area contributed by atoms with Crippen molar-refractivity contribution >= 4 is 30.4 Å². The van der Waals surface area contributed by atoms with Crippen LogP contribution in [0, 0.1) is 16.7 Å². The number of thiol groups is 1. The van der Waals surface area contributed by atoms with Crippen LogP contribution in [0.5, 0.6) is 0 Å². The van der Waals surface area contributed by atoms with Crippen molar-refractivity contribution in [3.63, 3.8) is 0 Å². The molecule has 3 heterocycles. The molecule has 0 amide bonds. The number of hydrogen-bond acceptors (Lipinski definition) is 8. The van der Waals surface area contributed by atoms with Crippen LogP contribution in [0.25, 0.3) is 33.9 Å². The molecule has 0 bridgehead atoms. The number of carbonyl (C=O) groups is 1. The van der Waals surface area contributed by atoms with E-state index in [1.165, 1.54) is 0 Å². The Morgan fingerprint density at radius 2 is 1.35 bits per heavy atom. The van der Waals surface area contributed by atoms with Gasteiger partial charge in [-0.25, -0.2) is 4.98 Å². The second-order valence-electron chi connectivity index (χ2n) is 12.6. The maximum Gasteiger partial charge on any atom is 0.306 e. The van der Waals surface area contributed by atoms with Gasteiger partial charge in [-0.05, 0) is 84.0 Å². The lowest BCUT2D eigenvalue weighted by Crippen LogP contribution is -2.19. The van der Waals surface area contributed by atoms with Crippen molar-refractivity contribution in [1.82, 2.24) is 15.0 Å². The molecule has 0 aliphatic rings. The quantitative estimate of drug-likeness (QED) is 0.0684. The number of ether oxygens (including phenoxy) is 1. The Hall–Kier alpha value is -5.23. The number of benzene rings is 3. The van der Waals surface area contributed by atoms with Gasteiger partial charge >= 0.3 is 5.97 Å². The highest BCUT2D eigenvalue weighted by molar-refractivity contribution is 8.09. The van der Waals surface area contributed by atoms with Gasteiger partial charge in [0.25, 0.3) is 0 Å². The molecule has 3 aromatic heterocycles. The maximum atomic E-state index is 13.0. The van der Waals surface area contributed by atoms with Gasteiger partial charge in [0.2, 0.25) is 0 Å². The van der Waals surface area contributed by atoms with Crippen molar-refractivity contribution in [3.05, 3.63) is 163 Å². The number of nitrogens with zero attached hydrogens (tertiary/aromatic N) is 4. The highest BCUT2D eigenvalue weighted by Gasteiger charge is 2.31. The van der Waals surface area contributed by atoms with E-state index in [4.69, 9.17) is 22.3 Å². The van der Waals surface area contributed by atoms with Crippen molar-refractivity contribution in [1.29, 1.82) is 5.26 Å². The Bertz CT molecular complexity index is 2010. The molecule has 3 atom stereocenters. The van der Waals surface area contributed by atoms with Crippen LogP contribution < -0.4 is 0 Å². The molecule has 0 saturated heterocycles. The summed E-state index contributed by atoms with van der Waals surface area (Å²) in [5.41, 5.74) is 7.44. The molecule has 0 aliphatic heterocycles. The highest BCUT2D eigenvalue weighted by atomic mass is 32.2. The molecular weight excluding hydrogens is 669 g/mol. The fraction of sp³-hybridized carbons (Fsp3) is 0.186. The first-order valence-electron chi connectivity index (χ1n) is 16.8. The minimum Gasteiger partial charge on any atom is -0.461 e. The third-order valence-corrected chi connectivity index (χ3v) is 10.7. The summed E-state index contributed by atoms with van der Waals surface area (Å²) in [7, 11) is 0. The fourth-order valence-corrected chi connectivity index (χ4v) is 7.79. The molecule has 256 valence electrons. The third kappa shape index (κ3) is 9.72. The first-order chi connectivity index (χ1) is 24.9. The van der Waals surface area contributed by atoms with Crippen LogP contribution in [0.2, 0.25) is 0 Å². The fourth-order valence-electron chi connectivity index (χ4n) is 5.77. The average molecular weight is 709 g/mol. The summed E-state index contributed by atoms with van der Waals surface area (Å²) in [6, 6.07) is 46.4. The van der Waals surface area contributed by atoms with Gasteiger partial charge in [0, 0.05) is 25.5 Å². The topological polar surface area (TPSA) is 88.8 Å². The van der Waals surface area contributed by atoms with Crippen molar-refractivity contribution in [2.24, 2.45) is 5.41 Å². The second kappa shape index (κ2) is 17.1. The Balaban J connectivity index is 0.00000523. The number of aromatic nitrogens is 3. The Kier molecular flexibility index (Phi) is 12.0. The predicted octanol–water partition coefficient (Wildman–Crippen LogP) is 11.0. The number of esters is 1. The molecule has 51 heavy (non-hydrogen) atoms. The summed E-state index contributed by atoms with van der Waals surface area (Å²) in [4.78, 5) is 26.8. The summed E-state index contributed by atoms with van der Waals surface area (Å²) < 4.78 is 5.63. The number of rotatable bonds is 14. The third-order valence-electron chi connectivity index (χ3n) is 8.70. The monoisotopic (exact) mass is 708 g/mol. The first kappa shape index (κ1) is 35.6. The van der Waals surface area contributed by atoms with Gasteiger partial charge in [-0.3, -0.25) is 14.8 Å². The van der Waals surface area contributed by atoms with Crippen molar-refractivity contribution in [2.45, 2.75) is 42.6 Å². The van der Waals surface area contributed by atoms with E-state index in [-0.39, 0.29) is 30.3 Å². The van der Waals surface area contributed by atoms with E-state index in [1.54, 1.807) is 24.2 Å². The van der Waals surface area contributed by atoms with E-state index >= 15 is 0 Å². The van der Waals surface area contributed by atoms with Gasteiger partial charge < -0.3 is 4.74 Å². The van der Waals surface area contributed by atoms with Gasteiger partial charge in [0.1, 0.15) is 6.61 Å². The molecule has 0 saturated carbocycles. The molecule has 3 unspecified atom stereocenters. The zero-order valence-corrected chi connectivity index (χ0v) is 30.0. The van der Waals surface area contributed by atoms with E-state index < -0.39 is 5.41 Å². The van der Waals surface area contributed by atoms with Gasteiger partial charge in [-0.2, -0.15) is 17.9 Å². The number of pyridine rings is 3. The molecule has 0 radical (unpaired) electrons. The molecule has 0 N–H and O–H groups in total. The highest BCUT2D eigenvalue weighted by Crippen LogP contribution is 2.48. The smallest absolute Gasteiger partial charge is 0.306 e. The molecule has 6 nitrogen and oxygen atoms in total. The van der Waals surface area contributed by atoms with Crippen LogP contribution in [0.4, 0.5) is 0 Å². The van der Waals surface area contributed by atoms with Crippen LogP contribution in [0.3, 0.4) is 0 Å². The first-order valence-corrected chi connectivity index (χ1v) is 18.3. The number of hydrogen-bond donors (Lipinski definition) is 1. The molecular formula is C43H40N4O2S2. The summed E-state index contributed by atoms with van der Waals surface area (Å²) in [5, 5.41) is 10.3. The van der Waals surface area contributed by atoms with Gasteiger partial charge in [-0.1, -0.05) is 97.1 Å². The van der Waals surface area contributed by atoms with Gasteiger partial charge in [0.15, 0.2) is 0 Å². The molecule has 6 rings (SSSR count). The molecule has 3 aromatic carbocycles.